The van der Waals surface area contributed by atoms with Gasteiger partial charge in [-0.25, -0.2) is 9.98 Å². The molecule has 0 amide bonds. The zero-order valence-corrected chi connectivity index (χ0v) is 18.8. The highest BCUT2D eigenvalue weighted by Crippen LogP contribution is 2.08. The van der Waals surface area contributed by atoms with Crippen molar-refractivity contribution >= 4 is 29.9 Å². The third-order valence-electron chi connectivity index (χ3n) is 4.33. The van der Waals surface area contributed by atoms with Gasteiger partial charge in [-0.3, -0.25) is 0 Å². The Morgan fingerprint density at radius 1 is 1.04 bits per heavy atom. The average Bonchev–Trinajstić information content (AvgIpc) is 3.13. The highest BCUT2D eigenvalue weighted by molar-refractivity contribution is 14.0. The summed E-state index contributed by atoms with van der Waals surface area (Å²) < 4.78 is 2.15. The Hall–Kier alpha value is -2.35. The molecular weight excluding hydrogens is 461 g/mol. The van der Waals surface area contributed by atoms with E-state index in [1.165, 1.54) is 11.1 Å². The minimum absolute atomic E-state index is 0. The maximum absolute atomic E-state index is 4.80. The fourth-order valence-electron chi connectivity index (χ4n) is 2.96. The van der Waals surface area contributed by atoms with Gasteiger partial charge in [-0.1, -0.05) is 60.7 Å². The van der Waals surface area contributed by atoms with Crippen LogP contribution in [0.15, 0.2) is 78.0 Å². The Balaban J connectivity index is 0.00000280. The summed E-state index contributed by atoms with van der Waals surface area (Å²) in [4.78, 5) is 11.4. The maximum atomic E-state index is 4.80. The van der Waals surface area contributed by atoms with Crippen LogP contribution < -0.4 is 5.32 Å². The first-order valence-electron chi connectivity index (χ1n) is 9.33. The van der Waals surface area contributed by atoms with E-state index in [-0.39, 0.29) is 24.0 Å². The zero-order chi connectivity index (χ0) is 18.9. The summed E-state index contributed by atoms with van der Waals surface area (Å²) in [7, 11) is 2.06. The van der Waals surface area contributed by atoms with Crippen molar-refractivity contribution in [2.24, 2.45) is 4.99 Å². The summed E-state index contributed by atoms with van der Waals surface area (Å²) in [5.74, 6) is 1.85. The molecule has 28 heavy (non-hydrogen) atoms. The first kappa shape index (κ1) is 21.9. The van der Waals surface area contributed by atoms with Crippen LogP contribution in [-0.4, -0.2) is 34.0 Å². The molecule has 1 aromatic heterocycles. The van der Waals surface area contributed by atoms with E-state index in [0.29, 0.717) is 6.54 Å². The van der Waals surface area contributed by atoms with Crippen LogP contribution in [0.5, 0.6) is 0 Å². The standard InChI is InChI=1S/C22H27N5.HI/c1-3-23-22(26(2)17-19-10-6-4-7-11-19)25-16-21-24-14-15-27(21)18-20-12-8-5-9-13-20;/h4-15H,3,16-18H2,1-2H3,(H,23,25);1H. The second-order valence-corrected chi connectivity index (χ2v) is 6.47. The van der Waals surface area contributed by atoms with E-state index in [9.17, 15) is 0 Å². The summed E-state index contributed by atoms with van der Waals surface area (Å²) in [6, 6.07) is 20.8. The van der Waals surface area contributed by atoms with Gasteiger partial charge in [-0.05, 0) is 18.1 Å². The van der Waals surface area contributed by atoms with Crippen LogP contribution in [0.4, 0.5) is 0 Å². The molecule has 0 atom stereocenters. The van der Waals surface area contributed by atoms with Crippen molar-refractivity contribution in [3.05, 3.63) is 90.0 Å². The fraction of sp³-hybridized carbons (Fsp3) is 0.273. The summed E-state index contributed by atoms with van der Waals surface area (Å²) in [6.45, 7) is 5.08. The topological polar surface area (TPSA) is 45.5 Å². The number of benzene rings is 2. The van der Waals surface area contributed by atoms with Gasteiger partial charge in [0.05, 0.1) is 0 Å². The Kier molecular flexibility index (Phi) is 9.00. The first-order valence-corrected chi connectivity index (χ1v) is 9.33. The molecule has 6 heteroatoms. The minimum Gasteiger partial charge on any atom is -0.357 e. The lowest BCUT2D eigenvalue weighted by Crippen LogP contribution is -2.38. The quantitative estimate of drug-likeness (QED) is 0.308. The van der Waals surface area contributed by atoms with Crippen molar-refractivity contribution in [3.63, 3.8) is 0 Å². The van der Waals surface area contributed by atoms with Gasteiger partial charge in [0, 0.05) is 39.1 Å². The largest absolute Gasteiger partial charge is 0.357 e. The molecule has 5 nitrogen and oxygen atoms in total. The number of aliphatic imine (C=N–C) groups is 1. The van der Waals surface area contributed by atoms with Gasteiger partial charge < -0.3 is 14.8 Å². The predicted octanol–water partition coefficient (Wildman–Crippen LogP) is 4.15. The van der Waals surface area contributed by atoms with E-state index in [1.807, 2.05) is 24.5 Å². The number of hydrogen-bond acceptors (Lipinski definition) is 2. The van der Waals surface area contributed by atoms with Gasteiger partial charge in [0.1, 0.15) is 12.4 Å². The third-order valence-corrected chi connectivity index (χ3v) is 4.33. The molecule has 0 saturated heterocycles. The number of hydrogen-bond donors (Lipinski definition) is 1. The van der Waals surface area contributed by atoms with Crippen molar-refractivity contribution in [1.82, 2.24) is 19.8 Å². The minimum atomic E-state index is 0. The van der Waals surface area contributed by atoms with Crippen LogP contribution in [0, 0.1) is 0 Å². The van der Waals surface area contributed by atoms with Crippen molar-refractivity contribution in [2.45, 2.75) is 26.6 Å². The van der Waals surface area contributed by atoms with Gasteiger partial charge in [-0.15, -0.1) is 24.0 Å². The molecule has 148 valence electrons. The maximum Gasteiger partial charge on any atom is 0.194 e. The molecule has 0 fully saturated rings. The molecule has 2 aromatic carbocycles. The highest BCUT2D eigenvalue weighted by atomic mass is 127. The van der Waals surface area contributed by atoms with Crippen molar-refractivity contribution < 1.29 is 0 Å². The van der Waals surface area contributed by atoms with Gasteiger partial charge in [-0.2, -0.15) is 0 Å². The summed E-state index contributed by atoms with van der Waals surface area (Å²) >= 11 is 0. The summed E-state index contributed by atoms with van der Waals surface area (Å²) in [6.07, 6.45) is 3.85. The molecule has 3 rings (SSSR count). The lowest BCUT2D eigenvalue weighted by atomic mass is 10.2. The molecule has 0 radical (unpaired) electrons. The molecule has 0 spiro atoms. The van der Waals surface area contributed by atoms with Gasteiger partial charge >= 0.3 is 0 Å². The molecule has 0 unspecified atom stereocenters. The van der Waals surface area contributed by atoms with E-state index >= 15 is 0 Å². The molecule has 0 aliphatic rings. The average molecular weight is 489 g/mol. The molecule has 1 heterocycles. The number of aromatic nitrogens is 2. The van der Waals surface area contributed by atoms with Crippen molar-refractivity contribution in [3.8, 4) is 0 Å². The lowest BCUT2D eigenvalue weighted by Gasteiger charge is -2.22. The number of imidazole rings is 1. The SMILES string of the molecule is CCNC(=NCc1nccn1Cc1ccccc1)N(C)Cc1ccccc1.I. The molecule has 0 aliphatic heterocycles. The van der Waals surface area contributed by atoms with Crippen molar-refractivity contribution in [2.75, 3.05) is 13.6 Å². The van der Waals surface area contributed by atoms with E-state index in [1.54, 1.807) is 0 Å². The third kappa shape index (κ3) is 6.37. The molecule has 1 N–H and O–H groups in total. The van der Waals surface area contributed by atoms with Gasteiger partial charge in [0.2, 0.25) is 0 Å². The monoisotopic (exact) mass is 489 g/mol. The fourth-order valence-corrected chi connectivity index (χ4v) is 2.96. The molecule has 0 aliphatic carbocycles. The number of guanidine groups is 1. The van der Waals surface area contributed by atoms with Gasteiger partial charge in [0.25, 0.3) is 0 Å². The second kappa shape index (κ2) is 11.5. The Morgan fingerprint density at radius 3 is 2.32 bits per heavy atom. The molecule has 0 bridgehead atoms. The van der Waals surface area contributed by atoms with Gasteiger partial charge in [0.15, 0.2) is 5.96 Å². The van der Waals surface area contributed by atoms with Crippen LogP contribution in [0.2, 0.25) is 0 Å². The summed E-state index contributed by atoms with van der Waals surface area (Å²) in [5.41, 5.74) is 2.52. The van der Waals surface area contributed by atoms with E-state index in [4.69, 9.17) is 4.99 Å². The zero-order valence-electron chi connectivity index (χ0n) is 16.5. The van der Waals surface area contributed by atoms with Crippen molar-refractivity contribution in [1.29, 1.82) is 0 Å². The van der Waals surface area contributed by atoms with E-state index in [0.717, 1.165) is 31.4 Å². The number of nitrogens with one attached hydrogen (secondary N) is 1. The van der Waals surface area contributed by atoms with Crippen LogP contribution in [0.25, 0.3) is 0 Å². The van der Waals surface area contributed by atoms with Crippen LogP contribution >= 0.6 is 24.0 Å². The highest BCUT2D eigenvalue weighted by Gasteiger charge is 2.08. The molecule has 0 saturated carbocycles. The van der Waals surface area contributed by atoms with Crippen LogP contribution in [0.1, 0.15) is 23.9 Å². The second-order valence-electron chi connectivity index (χ2n) is 6.47. The molecular formula is C22H28IN5. The first-order chi connectivity index (χ1) is 13.3. The Bertz CT molecular complexity index is 846. The molecule has 3 aromatic rings. The smallest absolute Gasteiger partial charge is 0.194 e. The lowest BCUT2D eigenvalue weighted by molar-refractivity contribution is 0.476. The number of rotatable bonds is 7. The number of nitrogens with zero attached hydrogens (tertiary/aromatic N) is 4. The number of halogens is 1. The normalized spacial score (nSPS) is 11.0. The van der Waals surface area contributed by atoms with Crippen LogP contribution in [0.3, 0.4) is 0 Å². The Labute approximate surface area is 184 Å². The van der Waals surface area contributed by atoms with E-state index in [2.05, 4.69) is 82.3 Å². The van der Waals surface area contributed by atoms with E-state index < -0.39 is 0 Å². The van der Waals surface area contributed by atoms with Crippen LogP contribution in [-0.2, 0) is 19.6 Å². The predicted molar refractivity (Wildman–Crippen MR) is 126 cm³/mol. The Morgan fingerprint density at radius 2 is 1.68 bits per heavy atom. The summed E-state index contributed by atoms with van der Waals surface area (Å²) in [5, 5.41) is 3.37.